The van der Waals surface area contributed by atoms with Gasteiger partial charge in [-0.2, -0.15) is 0 Å². The first-order valence-electron chi connectivity index (χ1n) is 7.57. The lowest BCUT2D eigenvalue weighted by Crippen LogP contribution is -2.23. The van der Waals surface area contributed by atoms with Crippen molar-refractivity contribution in [2.45, 2.75) is 52.4 Å². The van der Waals surface area contributed by atoms with E-state index >= 15 is 0 Å². The molecule has 0 fully saturated rings. The van der Waals surface area contributed by atoms with Gasteiger partial charge in [0.15, 0.2) is 5.13 Å². The molecular weight excluding hydrogens is 270 g/mol. The van der Waals surface area contributed by atoms with E-state index in [2.05, 4.69) is 24.1 Å². The third-order valence-electron chi connectivity index (χ3n) is 3.70. The van der Waals surface area contributed by atoms with Gasteiger partial charge in [-0.3, -0.25) is 4.79 Å². The number of carbonyl (C=O) groups is 1. The topological polar surface area (TPSA) is 68.0 Å². The number of fused-ring (bicyclic) bond motifs is 1. The molecule has 0 aliphatic heterocycles. The van der Waals surface area contributed by atoms with E-state index < -0.39 is 0 Å². The Morgan fingerprint density at radius 3 is 2.80 bits per heavy atom. The Balaban J connectivity index is 1.89. The summed E-state index contributed by atoms with van der Waals surface area (Å²) in [5.74, 6) is 0.889. The molecule has 0 saturated heterocycles. The molecule has 1 atom stereocenters. The van der Waals surface area contributed by atoms with Crippen LogP contribution in [0.15, 0.2) is 0 Å². The fourth-order valence-electron chi connectivity index (χ4n) is 2.77. The molecule has 1 aromatic rings. The number of hydrogen-bond acceptors (Lipinski definition) is 4. The fraction of sp³-hybridized carbons (Fsp3) is 0.733. The first-order valence-corrected chi connectivity index (χ1v) is 8.38. The van der Waals surface area contributed by atoms with Crippen LogP contribution >= 0.6 is 11.3 Å². The van der Waals surface area contributed by atoms with Gasteiger partial charge in [0.1, 0.15) is 0 Å². The third kappa shape index (κ3) is 4.28. The molecule has 1 heterocycles. The zero-order valence-corrected chi connectivity index (χ0v) is 13.3. The highest BCUT2D eigenvalue weighted by atomic mass is 32.1. The van der Waals surface area contributed by atoms with Crippen molar-refractivity contribution in [3.05, 3.63) is 10.6 Å². The molecule has 0 aromatic carbocycles. The van der Waals surface area contributed by atoms with Crippen molar-refractivity contribution in [1.82, 2.24) is 4.98 Å². The second-order valence-electron chi connectivity index (χ2n) is 6.08. The number of nitrogens with two attached hydrogens (primary N) is 1. The number of nitrogens with zero attached hydrogens (tertiary/aromatic N) is 1. The molecule has 1 aromatic heterocycles. The first kappa shape index (κ1) is 15.4. The lowest BCUT2D eigenvalue weighted by Gasteiger charge is -2.15. The molecule has 0 spiro atoms. The van der Waals surface area contributed by atoms with E-state index in [1.807, 2.05) is 0 Å². The highest BCUT2D eigenvalue weighted by Crippen LogP contribution is 2.29. The lowest BCUT2D eigenvalue weighted by molar-refractivity contribution is -0.117. The Bertz CT molecular complexity index is 432. The van der Waals surface area contributed by atoms with Crippen molar-refractivity contribution in [3.8, 4) is 0 Å². The maximum atomic E-state index is 12.1. The molecule has 20 heavy (non-hydrogen) atoms. The molecule has 1 amide bonds. The van der Waals surface area contributed by atoms with Gasteiger partial charge in [-0.05, 0) is 50.5 Å². The first-order chi connectivity index (χ1) is 9.58. The number of nitrogens with one attached hydrogen (secondary N) is 1. The zero-order valence-electron chi connectivity index (χ0n) is 12.4. The minimum Gasteiger partial charge on any atom is -0.330 e. The quantitative estimate of drug-likeness (QED) is 0.848. The predicted molar refractivity (Wildman–Crippen MR) is 84.0 cm³/mol. The van der Waals surface area contributed by atoms with Gasteiger partial charge in [-0.1, -0.05) is 13.8 Å². The molecule has 0 radical (unpaired) electrons. The highest BCUT2D eigenvalue weighted by Gasteiger charge is 2.18. The summed E-state index contributed by atoms with van der Waals surface area (Å²) in [6.07, 6.45) is 6.12. The average Bonchev–Trinajstić information content (AvgIpc) is 2.79. The number of aromatic nitrogens is 1. The fourth-order valence-corrected chi connectivity index (χ4v) is 3.83. The highest BCUT2D eigenvalue weighted by molar-refractivity contribution is 7.15. The van der Waals surface area contributed by atoms with Crippen LogP contribution in [0, 0.1) is 11.8 Å². The summed E-state index contributed by atoms with van der Waals surface area (Å²) in [6.45, 7) is 4.89. The van der Waals surface area contributed by atoms with Gasteiger partial charge >= 0.3 is 0 Å². The van der Waals surface area contributed by atoms with Crippen molar-refractivity contribution in [3.63, 3.8) is 0 Å². The van der Waals surface area contributed by atoms with Gasteiger partial charge in [0.2, 0.25) is 5.91 Å². The zero-order chi connectivity index (χ0) is 14.5. The van der Waals surface area contributed by atoms with Gasteiger partial charge in [-0.25, -0.2) is 4.98 Å². The third-order valence-corrected chi connectivity index (χ3v) is 4.78. The van der Waals surface area contributed by atoms with Crippen LogP contribution in [0.3, 0.4) is 0 Å². The van der Waals surface area contributed by atoms with E-state index in [1.54, 1.807) is 11.3 Å². The van der Waals surface area contributed by atoms with Crippen molar-refractivity contribution in [2.75, 3.05) is 11.9 Å². The maximum absolute atomic E-state index is 12.1. The summed E-state index contributed by atoms with van der Waals surface area (Å²) in [4.78, 5) is 18.0. The molecule has 0 unspecified atom stereocenters. The largest absolute Gasteiger partial charge is 0.330 e. The van der Waals surface area contributed by atoms with E-state index in [4.69, 9.17) is 5.73 Å². The minimum atomic E-state index is 0.0483. The molecule has 1 aliphatic carbocycles. The summed E-state index contributed by atoms with van der Waals surface area (Å²) in [5.41, 5.74) is 6.94. The van der Waals surface area contributed by atoms with Crippen LogP contribution in [-0.4, -0.2) is 17.4 Å². The van der Waals surface area contributed by atoms with E-state index in [1.165, 1.54) is 23.4 Å². The Hall–Kier alpha value is -0.940. The molecule has 4 nitrogen and oxygen atoms in total. The number of aryl methyl sites for hydroxylation is 2. The van der Waals surface area contributed by atoms with Crippen LogP contribution in [0.4, 0.5) is 5.13 Å². The molecule has 2 rings (SSSR count). The number of thiazole rings is 1. The molecule has 5 heteroatoms. The second kappa shape index (κ2) is 7.18. The average molecular weight is 295 g/mol. The second-order valence-corrected chi connectivity index (χ2v) is 7.16. The van der Waals surface area contributed by atoms with E-state index in [-0.39, 0.29) is 11.8 Å². The van der Waals surface area contributed by atoms with E-state index in [9.17, 15) is 4.79 Å². The van der Waals surface area contributed by atoms with Gasteiger partial charge in [-0.15, -0.1) is 11.3 Å². The maximum Gasteiger partial charge on any atom is 0.226 e. The van der Waals surface area contributed by atoms with Crippen molar-refractivity contribution < 1.29 is 4.79 Å². The normalized spacial score (nSPS) is 16.0. The summed E-state index contributed by atoms with van der Waals surface area (Å²) < 4.78 is 0. The van der Waals surface area contributed by atoms with Gasteiger partial charge in [0.05, 0.1) is 5.69 Å². The Morgan fingerprint density at radius 2 is 2.15 bits per heavy atom. The summed E-state index contributed by atoms with van der Waals surface area (Å²) >= 11 is 1.64. The molecule has 112 valence electrons. The van der Waals surface area contributed by atoms with Crippen LogP contribution < -0.4 is 11.1 Å². The van der Waals surface area contributed by atoms with Crippen LogP contribution in [0.2, 0.25) is 0 Å². The number of carbonyl (C=O) groups excluding carboxylic acids is 1. The number of anilines is 1. The van der Waals surface area contributed by atoms with Gasteiger partial charge in [0.25, 0.3) is 0 Å². The Labute approximate surface area is 125 Å². The molecule has 0 saturated carbocycles. The lowest BCUT2D eigenvalue weighted by atomic mass is 9.94. The molecule has 1 aliphatic rings. The Morgan fingerprint density at radius 1 is 1.40 bits per heavy atom. The molecular formula is C15H25N3OS. The smallest absolute Gasteiger partial charge is 0.226 e. The van der Waals surface area contributed by atoms with Crippen LogP contribution in [-0.2, 0) is 17.6 Å². The number of rotatable bonds is 6. The minimum absolute atomic E-state index is 0.0483. The van der Waals surface area contributed by atoms with Crippen molar-refractivity contribution >= 4 is 22.4 Å². The summed E-state index contributed by atoms with van der Waals surface area (Å²) in [6, 6.07) is 0. The van der Waals surface area contributed by atoms with Crippen molar-refractivity contribution in [1.29, 1.82) is 0 Å². The van der Waals surface area contributed by atoms with E-state index in [0.29, 0.717) is 18.9 Å². The van der Waals surface area contributed by atoms with Gasteiger partial charge in [0, 0.05) is 11.3 Å². The number of amides is 1. The van der Waals surface area contributed by atoms with Crippen LogP contribution in [0.25, 0.3) is 0 Å². The predicted octanol–water partition coefficient (Wildman–Crippen LogP) is 2.97. The summed E-state index contributed by atoms with van der Waals surface area (Å²) in [5, 5.41) is 3.72. The molecule has 0 bridgehead atoms. The Kier molecular flexibility index (Phi) is 5.54. The summed E-state index contributed by atoms with van der Waals surface area (Å²) in [7, 11) is 0. The molecule has 3 N–H and O–H groups in total. The SMILES string of the molecule is CC(C)C[C@H](CN)CC(=O)Nc1nc2c(s1)CCCC2. The standard InChI is InChI=1S/C15H25N3OS/c1-10(2)7-11(9-16)8-14(19)18-15-17-12-5-3-4-6-13(12)20-15/h10-11H,3-9,16H2,1-2H3,(H,17,18,19)/t11-/m0/s1. The monoisotopic (exact) mass is 295 g/mol. The van der Waals surface area contributed by atoms with E-state index in [0.717, 1.165) is 24.4 Å². The van der Waals surface area contributed by atoms with Crippen LogP contribution in [0.5, 0.6) is 0 Å². The van der Waals surface area contributed by atoms with Crippen molar-refractivity contribution in [2.24, 2.45) is 17.6 Å². The van der Waals surface area contributed by atoms with Gasteiger partial charge < -0.3 is 11.1 Å². The van der Waals surface area contributed by atoms with Crippen LogP contribution in [0.1, 0.15) is 50.1 Å². The number of hydrogen-bond donors (Lipinski definition) is 2.